The van der Waals surface area contributed by atoms with Crippen molar-refractivity contribution in [1.29, 1.82) is 0 Å². The maximum absolute atomic E-state index is 13.0. The Labute approximate surface area is 144 Å². The Morgan fingerprint density at radius 2 is 1.80 bits per heavy atom. The first-order valence-corrected chi connectivity index (χ1v) is 7.70. The van der Waals surface area contributed by atoms with Gasteiger partial charge in [0.05, 0.1) is 5.56 Å². The number of thioether (sulfide) groups is 1. The van der Waals surface area contributed by atoms with Crippen molar-refractivity contribution in [2.75, 3.05) is 11.9 Å². The number of rotatable bonds is 6. The number of ether oxygens (including phenoxy) is 1. The van der Waals surface area contributed by atoms with Crippen molar-refractivity contribution in [2.45, 2.75) is 10.7 Å². The summed E-state index contributed by atoms with van der Waals surface area (Å²) < 4.78 is 55.5. The molecule has 0 saturated heterocycles. The van der Waals surface area contributed by atoms with Crippen LogP contribution in [0.2, 0.25) is 0 Å². The first kappa shape index (κ1) is 18.8. The number of hydrogen-bond acceptors (Lipinski definition) is 4. The predicted octanol–water partition coefficient (Wildman–Crippen LogP) is 4.08. The summed E-state index contributed by atoms with van der Waals surface area (Å²) >= 11 is 0.181. The summed E-state index contributed by atoms with van der Waals surface area (Å²) in [6.07, 6.45) is 0. The van der Waals surface area contributed by atoms with Crippen LogP contribution < -0.4 is 5.32 Å². The molecule has 4 nitrogen and oxygen atoms in total. The van der Waals surface area contributed by atoms with Crippen LogP contribution in [0.15, 0.2) is 47.4 Å². The molecule has 0 saturated carbocycles. The maximum Gasteiger partial charge on any atom is 0.339 e. The van der Waals surface area contributed by atoms with E-state index in [-0.39, 0.29) is 27.9 Å². The second kappa shape index (κ2) is 8.52. The Balaban J connectivity index is 1.95. The van der Waals surface area contributed by atoms with Crippen molar-refractivity contribution < 1.29 is 31.9 Å². The van der Waals surface area contributed by atoms with Gasteiger partial charge in [-0.25, -0.2) is 13.6 Å². The largest absolute Gasteiger partial charge is 0.452 e. The summed E-state index contributed by atoms with van der Waals surface area (Å²) in [6, 6.07) is 8.30. The van der Waals surface area contributed by atoms with E-state index in [1.165, 1.54) is 24.3 Å². The molecule has 0 bridgehead atoms. The fraction of sp³-hybridized carbons (Fsp3) is 0.125. The molecule has 0 aliphatic rings. The molecule has 132 valence electrons. The monoisotopic (exact) mass is 373 g/mol. The molecule has 0 aliphatic heterocycles. The van der Waals surface area contributed by atoms with Crippen molar-refractivity contribution in [3.8, 4) is 0 Å². The van der Waals surface area contributed by atoms with Gasteiger partial charge in [-0.1, -0.05) is 23.9 Å². The number of carbonyl (C=O) groups excluding carboxylic acids is 2. The average Bonchev–Trinajstić information content (AvgIpc) is 2.56. The fourth-order valence-electron chi connectivity index (χ4n) is 1.81. The summed E-state index contributed by atoms with van der Waals surface area (Å²) in [6.45, 7) is -0.717. The smallest absolute Gasteiger partial charge is 0.339 e. The molecule has 0 aliphatic carbocycles. The van der Waals surface area contributed by atoms with Crippen LogP contribution in [0.3, 0.4) is 0 Å². The fourth-order valence-corrected chi connectivity index (χ4v) is 2.44. The molecule has 1 amide bonds. The second-order valence-electron chi connectivity index (χ2n) is 4.63. The molecule has 0 atom stereocenters. The van der Waals surface area contributed by atoms with Crippen LogP contribution in [-0.2, 0) is 9.53 Å². The minimum absolute atomic E-state index is 0.0171. The summed E-state index contributed by atoms with van der Waals surface area (Å²) in [7, 11) is 0. The van der Waals surface area contributed by atoms with Crippen LogP contribution in [0, 0.1) is 11.6 Å². The number of benzene rings is 2. The predicted molar refractivity (Wildman–Crippen MR) is 83.6 cm³/mol. The second-order valence-corrected chi connectivity index (χ2v) is 5.66. The molecule has 2 aromatic rings. The van der Waals surface area contributed by atoms with Crippen molar-refractivity contribution in [3.05, 3.63) is 59.7 Å². The first-order valence-electron chi connectivity index (χ1n) is 6.82. The van der Waals surface area contributed by atoms with E-state index in [0.29, 0.717) is 0 Å². The van der Waals surface area contributed by atoms with Gasteiger partial charge in [-0.15, -0.1) is 0 Å². The zero-order chi connectivity index (χ0) is 18.4. The van der Waals surface area contributed by atoms with E-state index in [0.717, 1.165) is 18.2 Å². The van der Waals surface area contributed by atoms with Crippen LogP contribution in [0.4, 0.5) is 23.2 Å². The van der Waals surface area contributed by atoms with Crippen molar-refractivity contribution in [1.82, 2.24) is 0 Å². The Morgan fingerprint density at radius 3 is 2.48 bits per heavy atom. The summed E-state index contributed by atoms with van der Waals surface area (Å²) in [5, 5.41) is 2.22. The van der Waals surface area contributed by atoms with Gasteiger partial charge in [-0.05, 0) is 24.3 Å². The third-order valence-corrected chi connectivity index (χ3v) is 3.65. The SMILES string of the molecule is O=C(COC(=O)c1ccccc1SC(F)F)Nc1ccc(F)c(F)c1. The molecule has 1 N–H and O–H groups in total. The molecule has 9 heteroatoms. The summed E-state index contributed by atoms with van der Waals surface area (Å²) in [5.41, 5.74) is -0.123. The van der Waals surface area contributed by atoms with Crippen LogP contribution in [0.25, 0.3) is 0 Å². The Hall–Kier alpha value is -2.55. The Morgan fingerprint density at radius 1 is 1.08 bits per heavy atom. The van der Waals surface area contributed by atoms with Crippen molar-refractivity contribution >= 4 is 29.3 Å². The van der Waals surface area contributed by atoms with Crippen LogP contribution in [-0.4, -0.2) is 24.2 Å². The van der Waals surface area contributed by atoms with Gasteiger partial charge in [0.1, 0.15) is 0 Å². The number of nitrogens with one attached hydrogen (secondary N) is 1. The number of anilines is 1. The molecule has 2 aromatic carbocycles. The molecule has 0 spiro atoms. The van der Waals surface area contributed by atoms with Crippen LogP contribution in [0.1, 0.15) is 10.4 Å². The Kier molecular flexibility index (Phi) is 6.40. The van der Waals surface area contributed by atoms with Gasteiger partial charge in [0.2, 0.25) is 0 Å². The van der Waals surface area contributed by atoms with Crippen LogP contribution in [0.5, 0.6) is 0 Å². The third kappa shape index (κ3) is 5.49. The lowest BCUT2D eigenvalue weighted by atomic mass is 10.2. The van der Waals surface area contributed by atoms with Gasteiger partial charge >= 0.3 is 5.97 Å². The quantitative estimate of drug-likeness (QED) is 0.471. The molecule has 0 aromatic heterocycles. The van der Waals surface area contributed by atoms with Gasteiger partial charge in [-0.3, -0.25) is 4.79 Å². The number of hydrogen-bond donors (Lipinski definition) is 1. The molecular weight excluding hydrogens is 362 g/mol. The number of halogens is 4. The normalized spacial score (nSPS) is 10.6. The van der Waals surface area contributed by atoms with E-state index in [1.807, 2.05) is 0 Å². The lowest BCUT2D eigenvalue weighted by Gasteiger charge is -2.09. The zero-order valence-electron chi connectivity index (χ0n) is 12.5. The third-order valence-electron chi connectivity index (χ3n) is 2.86. The van der Waals surface area contributed by atoms with Crippen LogP contribution >= 0.6 is 11.8 Å². The number of amides is 1. The van der Waals surface area contributed by atoms with Gasteiger partial charge in [0.25, 0.3) is 11.7 Å². The molecule has 0 heterocycles. The van der Waals surface area contributed by atoms with Gasteiger partial charge < -0.3 is 10.1 Å². The number of carbonyl (C=O) groups is 2. The molecule has 25 heavy (non-hydrogen) atoms. The lowest BCUT2D eigenvalue weighted by Crippen LogP contribution is -2.21. The summed E-state index contributed by atoms with van der Waals surface area (Å²) in [5.74, 6) is -6.68. The lowest BCUT2D eigenvalue weighted by molar-refractivity contribution is -0.119. The Bertz CT molecular complexity index is 786. The van der Waals surface area contributed by atoms with Crippen molar-refractivity contribution in [3.63, 3.8) is 0 Å². The highest BCUT2D eigenvalue weighted by atomic mass is 32.2. The van der Waals surface area contributed by atoms with Gasteiger partial charge in [-0.2, -0.15) is 8.78 Å². The first-order chi connectivity index (χ1) is 11.9. The number of esters is 1. The molecule has 2 rings (SSSR count). The van der Waals surface area contributed by atoms with E-state index in [9.17, 15) is 27.2 Å². The molecular formula is C16H11F4NO3S. The van der Waals surface area contributed by atoms with Crippen molar-refractivity contribution in [2.24, 2.45) is 0 Å². The average molecular weight is 373 g/mol. The standard InChI is InChI=1S/C16H11F4NO3S/c17-11-6-5-9(7-12(11)18)21-14(22)8-24-15(23)10-3-1-2-4-13(10)25-16(19)20/h1-7,16H,8H2,(H,21,22). The minimum Gasteiger partial charge on any atom is -0.452 e. The van der Waals surface area contributed by atoms with E-state index in [1.54, 1.807) is 0 Å². The molecule has 0 fully saturated rings. The van der Waals surface area contributed by atoms with Gasteiger partial charge in [0, 0.05) is 16.6 Å². The maximum atomic E-state index is 13.0. The van der Waals surface area contributed by atoms with E-state index in [4.69, 9.17) is 4.74 Å². The molecule has 0 radical (unpaired) electrons. The highest BCUT2D eigenvalue weighted by Crippen LogP contribution is 2.28. The molecule has 0 unspecified atom stereocenters. The van der Waals surface area contributed by atoms with E-state index >= 15 is 0 Å². The van der Waals surface area contributed by atoms with Gasteiger partial charge in [0.15, 0.2) is 18.2 Å². The van der Waals surface area contributed by atoms with E-state index < -0.39 is 35.9 Å². The highest BCUT2D eigenvalue weighted by Gasteiger charge is 2.17. The summed E-state index contributed by atoms with van der Waals surface area (Å²) in [4.78, 5) is 23.6. The minimum atomic E-state index is -2.72. The van der Waals surface area contributed by atoms with E-state index in [2.05, 4.69) is 5.32 Å². The highest BCUT2D eigenvalue weighted by molar-refractivity contribution is 7.99. The number of alkyl halides is 2. The zero-order valence-corrected chi connectivity index (χ0v) is 13.3. The topological polar surface area (TPSA) is 55.4 Å².